The molecular formula is C15H20FN3S. The van der Waals surface area contributed by atoms with E-state index in [0.717, 1.165) is 37.4 Å². The maximum Gasteiger partial charge on any atom is 0.191 e. The molecule has 108 valence electrons. The van der Waals surface area contributed by atoms with E-state index in [9.17, 15) is 4.39 Å². The van der Waals surface area contributed by atoms with E-state index in [1.165, 1.54) is 17.7 Å². The quantitative estimate of drug-likeness (QED) is 0.686. The molecule has 1 heterocycles. The summed E-state index contributed by atoms with van der Waals surface area (Å²) >= 11 is 1.96. The van der Waals surface area contributed by atoms with Crippen LogP contribution in [0, 0.1) is 5.82 Å². The lowest BCUT2D eigenvalue weighted by atomic mass is 9.96. The Morgan fingerprint density at radius 1 is 1.25 bits per heavy atom. The summed E-state index contributed by atoms with van der Waals surface area (Å²) in [5, 5.41) is 0. The van der Waals surface area contributed by atoms with Gasteiger partial charge in [0.15, 0.2) is 5.96 Å². The van der Waals surface area contributed by atoms with Gasteiger partial charge in [-0.3, -0.25) is 4.99 Å². The highest BCUT2D eigenvalue weighted by Gasteiger charge is 2.44. The highest BCUT2D eigenvalue weighted by molar-refractivity contribution is 7.99. The van der Waals surface area contributed by atoms with Crippen molar-refractivity contribution >= 4 is 17.7 Å². The van der Waals surface area contributed by atoms with Crippen LogP contribution < -0.4 is 5.73 Å². The Hall–Kier alpha value is -1.23. The van der Waals surface area contributed by atoms with Crippen molar-refractivity contribution in [3.05, 3.63) is 35.6 Å². The Morgan fingerprint density at radius 2 is 1.90 bits per heavy atom. The predicted octanol–water partition coefficient (Wildman–Crippen LogP) is 2.22. The minimum Gasteiger partial charge on any atom is -0.370 e. The topological polar surface area (TPSA) is 41.6 Å². The average molecular weight is 293 g/mol. The molecule has 1 saturated carbocycles. The third-order valence-electron chi connectivity index (χ3n) is 4.19. The fourth-order valence-corrected chi connectivity index (χ4v) is 3.52. The molecule has 3 nitrogen and oxygen atoms in total. The summed E-state index contributed by atoms with van der Waals surface area (Å²) in [5.74, 6) is 2.73. The second-order valence-corrected chi connectivity index (χ2v) is 6.79. The Bertz CT molecular complexity index is 490. The largest absolute Gasteiger partial charge is 0.370 e. The third kappa shape index (κ3) is 2.92. The zero-order chi connectivity index (χ0) is 14.0. The second kappa shape index (κ2) is 5.64. The van der Waals surface area contributed by atoms with Gasteiger partial charge in [-0.2, -0.15) is 11.8 Å². The summed E-state index contributed by atoms with van der Waals surface area (Å²) in [4.78, 5) is 6.76. The van der Waals surface area contributed by atoms with Crippen LogP contribution >= 0.6 is 11.8 Å². The molecule has 0 amide bonds. The maximum absolute atomic E-state index is 13.0. The van der Waals surface area contributed by atoms with E-state index >= 15 is 0 Å². The number of nitrogens with two attached hydrogens (primary N) is 1. The predicted molar refractivity (Wildman–Crippen MR) is 82.7 cm³/mol. The van der Waals surface area contributed by atoms with Gasteiger partial charge in [-0.15, -0.1) is 0 Å². The summed E-state index contributed by atoms with van der Waals surface area (Å²) in [5.41, 5.74) is 7.38. The molecule has 1 aliphatic carbocycles. The number of rotatable bonds is 3. The van der Waals surface area contributed by atoms with Gasteiger partial charge in [0.25, 0.3) is 0 Å². The second-order valence-electron chi connectivity index (χ2n) is 5.56. The molecule has 1 aromatic carbocycles. The minimum atomic E-state index is -0.182. The first-order valence-corrected chi connectivity index (χ1v) is 8.24. The summed E-state index contributed by atoms with van der Waals surface area (Å²) in [6, 6.07) is 6.83. The minimum absolute atomic E-state index is 0.100. The van der Waals surface area contributed by atoms with Crippen molar-refractivity contribution in [2.75, 3.05) is 31.1 Å². The van der Waals surface area contributed by atoms with E-state index in [-0.39, 0.29) is 11.2 Å². The third-order valence-corrected chi connectivity index (χ3v) is 5.13. The molecule has 5 heteroatoms. The van der Waals surface area contributed by atoms with Crippen LogP contribution in [0.15, 0.2) is 29.3 Å². The molecule has 0 bridgehead atoms. The van der Waals surface area contributed by atoms with Crippen LogP contribution in [0.1, 0.15) is 18.4 Å². The first kappa shape index (κ1) is 13.7. The highest BCUT2D eigenvalue weighted by Crippen LogP contribution is 2.48. The number of hydrogen-bond donors (Lipinski definition) is 1. The lowest BCUT2D eigenvalue weighted by Crippen LogP contribution is -2.43. The lowest BCUT2D eigenvalue weighted by Gasteiger charge is -2.27. The number of halogens is 1. The number of hydrogen-bond acceptors (Lipinski definition) is 2. The number of benzene rings is 1. The first-order valence-electron chi connectivity index (χ1n) is 7.08. The SMILES string of the molecule is NC(=NCC1(c2ccc(F)cc2)CC1)N1CCSCC1. The summed E-state index contributed by atoms with van der Waals surface area (Å²) in [6.45, 7) is 2.70. The van der Waals surface area contributed by atoms with Gasteiger partial charge in [-0.1, -0.05) is 12.1 Å². The molecule has 0 spiro atoms. The molecular weight excluding hydrogens is 273 g/mol. The summed E-state index contributed by atoms with van der Waals surface area (Å²) < 4.78 is 13.0. The molecule has 0 aromatic heterocycles. The van der Waals surface area contributed by atoms with E-state index in [4.69, 9.17) is 5.73 Å². The van der Waals surface area contributed by atoms with Gasteiger partial charge in [0.1, 0.15) is 5.82 Å². The Labute approximate surface area is 123 Å². The molecule has 2 N–H and O–H groups in total. The smallest absolute Gasteiger partial charge is 0.191 e. The van der Waals surface area contributed by atoms with Crippen molar-refractivity contribution in [3.63, 3.8) is 0 Å². The highest BCUT2D eigenvalue weighted by atomic mass is 32.2. The monoisotopic (exact) mass is 293 g/mol. The van der Waals surface area contributed by atoms with E-state index in [1.54, 1.807) is 0 Å². The van der Waals surface area contributed by atoms with Crippen LogP contribution in [0.3, 0.4) is 0 Å². The van der Waals surface area contributed by atoms with Crippen LogP contribution in [0.5, 0.6) is 0 Å². The fourth-order valence-electron chi connectivity index (χ4n) is 2.62. The first-order chi connectivity index (χ1) is 9.70. The fraction of sp³-hybridized carbons (Fsp3) is 0.533. The van der Waals surface area contributed by atoms with E-state index < -0.39 is 0 Å². The van der Waals surface area contributed by atoms with Crippen LogP contribution in [0.4, 0.5) is 4.39 Å². The average Bonchev–Trinajstić information content (AvgIpc) is 3.27. The van der Waals surface area contributed by atoms with Gasteiger partial charge in [0.05, 0.1) is 6.54 Å². The van der Waals surface area contributed by atoms with Gasteiger partial charge in [0, 0.05) is 30.0 Å². The van der Waals surface area contributed by atoms with Gasteiger partial charge in [-0.25, -0.2) is 4.39 Å². The van der Waals surface area contributed by atoms with Crippen LogP contribution in [0.25, 0.3) is 0 Å². The van der Waals surface area contributed by atoms with Gasteiger partial charge >= 0.3 is 0 Å². The molecule has 3 rings (SSSR count). The molecule has 0 unspecified atom stereocenters. The number of aliphatic imine (C=N–C) groups is 1. The van der Waals surface area contributed by atoms with E-state index in [2.05, 4.69) is 9.89 Å². The summed E-state index contributed by atoms with van der Waals surface area (Å²) in [7, 11) is 0. The molecule has 0 atom stereocenters. The molecule has 2 fully saturated rings. The number of nitrogens with zero attached hydrogens (tertiary/aromatic N) is 2. The standard InChI is InChI=1S/C15H20FN3S/c16-13-3-1-12(2-4-13)15(5-6-15)11-18-14(17)19-7-9-20-10-8-19/h1-4H,5-11H2,(H2,17,18). The van der Waals surface area contributed by atoms with Crippen LogP contribution in [-0.4, -0.2) is 42.0 Å². The molecule has 1 aliphatic heterocycles. The summed E-state index contributed by atoms with van der Waals surface area (Å²) in [6.07, 6.45) is 2.23. The van der Waals surface area contributed by atoms with Crippen molar-refractivity contribution < 1.29 is 4.39 Å². The Morgan fingerprint density at radius 3 is 2.50 bits per heavy atom. The van der Waals surface area contributed by atoms with Crippen LogP contribution in [0.2, 0.25) is 0 Å². The van der Waals surface area contributed by atoms with Gasteiger partial charge < -0.3 is 10.6 Å². The van der Waals surface area contributed by atoms with Crippen molar-refractivity contribution in [2.24, 2.45) is 10.7 Å². The molecule has 20 heavy (non-hydrogen) atoms. The zero-order valence-corrected chi connectivity index (χ0v) is 12.3. The molecule has 0 radical (unpaired) electrons. The van der Waals surface area contributed by atoms with E-state index in [0.29, 0.717) is 12.5 Å². The van der Waals surface area contributed by atoms with Crippen LogP contribution in [-0.2, 0) is 5.41 Å². The molecule has 1 saturated heterocycles. The van der Waals surface area contributed by atoms with Crippen molar-refractivity contribution in [2.45, 2.75) is 18.3 Å². The molecule has 1 aromatic rings. The van der Waals surface area contributed by atoms with Gasteiger partial charge in [-0.05, 0) is 30.5 Å². The Balaban J connectivity index is 1.66. The van der Waals surface area contributed by atoms with Crippen molar-refractivity contribution in [3.8, 4) is 0 Å². The maximum atomic E-state index is 13.0. The lowest BCUT2D eigenvalue weighted by molar-refractivity contribution is 0.454. The number of thioether (sulfide) groups is 1. The van der Waals surface area contributed by atoms with Crippen molar-refractivity contribution in [1.82, 2.24) is 4.90 Å². The van der Waals surface area contributed by atoms with Crippen molar-refractivity contribution in [1.29, 1.82) is 0 Å². The Kier molecular flexibility index (Phi) is 3.87. The van der Waals surface area contributed by atoms with Gasteiger partial charge in [0.2, 0.25) is 0 Å². The molecule has 2 aliphatic rings. The van der Waals surface area contributed by atoms with E-state index in [1.807, 2.05) is 23.9 Å². The zero-order valence-electron chi connectivity index (χ0n) is 11.5. The number of guanidine groups is 1. The normalized spacial score (nSPS) is 21.9.